The molecule has 3 rings (SSSR count). The highest BCUT2D eigenvalue weighted by molar-refractivity contribution is 5.99. The molecule has 0 aliphatic carbocycles. The van der Waals surface area contributed by atoms with Gasteiger partial charge in [0.25, 0.3) is 0 Å². The van der Waals surface area contributed by atoms with E-state index in [2.05, 4.69) is 4.98 Å². The van der Waals surface area contributed by atoms with Gasteiger partial charge in [0.1, 0.15) is 11.7 Å². The van der Waals surface area contributed by atoms with Crippen LogP contribution in [0.15, 0.2) is 36.4 Å². The highest BCUT2D eigenvalue weighted by Gasteiger charge is 2.39. The minimum atomic E-state index is -0.548. The molecule has 0 saturated carbocycles. The van der Waals surface area contributed by atoms with Crippen LogP contribution < -0.4 is 0 Å². The Morgan fingerprint density at radius 3 is 2.64 bits per heavy atom. The molecule has 1 fully saturated rings. The summed E-state index contributed by atoms with van der Waals surface area (Å²) in [5, 5.41) is 0.966. The molecule has 1 aliphatic heterocycles. The Hall–Kier alpha value is -2.76. The average Bonchev–Trinajstić information content (AvgIpc) is 3.20. The molecule has 1 aliphatic rings. The van der Waals surface area contributed by atoms with Gasteiger partial charge in [0, 0.05) is 24.3 Å². The highest BCUT2D eigenvalue weighted by atomic mass is 16.5. The molecule has 1 aromatic heterocycles. The number of methoxy groups -OCH3 is 1. The molecule has 0 radical (unpaired) electrons. The topological polar surface area (TPSA) is 76.6 Å². The zero-order valence-electron chi connectivity index (χ0n) is 16.6. The van der Waals surface area contributed by atoms with Crippen LogP contribution in [-0.2, 0) is 14.3 Å². The van der Waals surface area contributed by atoms with E-state index in [0.29, 0.717) is 18.7 Å². The quantitative estimate of drug-likeness (QED) is 0.566. The minimum absolute atomic E-state index is 0.0317. The minimum Gasteiger partial charge on any atom is -0.467 e. The maximum Gasteiger partial charge on any atom is 0.328 e. The number of hydrogen-bond donors (Lipinski definition) is 0. The standard InChI is InChI=1S/C22H26N2O4/c1-14(2)16(21(26)24-12-6-9-19(24)22(27)28-3)13-20(25)18-11-10-15-7-4-5-8-17(15)23-18/h4-5,7-8,10-11,14,16,19H,6,9,12-13H2,1-3H3/t16-,19-/m0/s1. The van der Waals surface area contributed by atoms with E-state index >= 15 is 0 Å². The largest absolute Gasteiger partial charge is 0.467 e. The molecule has 1 aromatic carbocycles. The number of para-hydroxylation sites is 1. The molecule has 1 saturated heterocycles. The molecule has 0 unspecified atom stereocenters. The second-order valence-corrected chi connectivity index (χ2v) is 7.58. The number of esters is 1. The fourth-order valence-corrected chi connectivity index (χ4v) is 3.76. The third kappa shape index (κ3) is 4.06. The maximum atomic E-state index is 13.1. The van der Waals surface area contributed by atoms with Crippen molar-refractivity contribution in [3.8, 4) is 0 Å². The summed E-state index contributed by atoms with van der Waals surface area (Å²) in [6, 6.07) is 10.6. The molecule has 2 atom stereocenters. The van der Waals surface area contributed by atoms with Crippen LogP contribution in [0.25, 0.3) is 10.9 Å². The zero-order valence-corrected chi connectivity index (χ0v) is 16.6. The van der Waals surface area contributed by atoms with Crippen molar-refractivity contribution < 1.29 is 19.1 Å². The first-order valence-electron chi connectivity index (χ1n) is 9.69. The van der Waals surface area contributed by atoms with Crippen molar-refractivity contribution in [2.45, 2.75) is 39.2 Å². The second kappa shape index (κ2) is 8.50. The lowest BCUT2D eigenvalue weighted by Gasteiger charge is -2.29. The Balaban J connectivity index is 1.79. The fraction of sp³-hybridized carbons (Fsp3) is 0.455. The molecule has 0 N–H and O–H groups in total. The van der Waals surface area contributed by atoms with E-state index in [4.69, 9.17) is 4.74 Å². The number of benzene rings is 1. The van der Waals surface area contributed by atoms with Gasteiger partial charge in [-0.1, -0.05) is 38.1 Å². The number of ether oxygens (including phenoxy) is 1. The Bertz CT molecular complexity index is 893. The van der Waals surface area contributed by atoms with Gasteiger partial charge >= 0.3 is 5.97 Å². The molecule has 0 spiro atoms. The number of hydrogen-bond acceptors (Lipinski definition) is 5. The molecular formula is C22H26N2O4. The zero-order chi connectivity index (χ0) is 20.3. The molecule has 1 amide bonds. The SMILES string of the molecule is COC(=O)[C@@H]1CCCN1C(=O)[C@@H](CC(=O)c1ccc2ccccc2n1)C(C)C. The van der Waals surface area contributed by atoms with Crippen molar-refractivity contribution in [3.63, 3.8) is 0 Å². The van der Waals surface area contributed by atoms with Gasteiger partial charge in [0.15, 0.2) is 5.78 Å². The van der Waals surface area contributed by atoms with E-state index < -0.39 is 17.9 Å². The number of nitrogens with zero attached hydrogens (tertiary/aromatic N) is 2. The molecule has 2 heterocycles. The van der Waals surface area contributed by atoms with Gasteiger partial charge in [-0.2, -0.15) is 0 Å². The van der Waals surface area contributed by atoms with Crippen LogP contribution in [0.4, 0.5) is 0 Å². The van der Waals surface area contributed by atoms with Gasteiger partial charge in [-0.3, -0.25) is 9.59 Å². The fourth-order valence-electron chi connectivity index (χ4n) is 3.76. The summed E-state index contributed by atoms with van der Waals surface area (Å²) in [5.74, 6) is -1.23. The Morgan fingerprint density at radius 2 is 1.93 bits per heavy atom. The van der Waals surface area contributed by atoms with E-state index in [1.807, 2.05) is 44.2 Å². The normalized spacial score (nSPS) is 17.7. The molecule has 148 valence electrons. The maximum absolute atomic E-state index is 13.1. The summed E-state index contributed by atoms with van der Waals surface area (Å²) >= 11 is 0. The van der Waals surface area contributed by atoms with Crippen LogP contribution in [0.1, 0.15) is 43.6 Å². The summed E-state index contributed by atoms with van der Waals surface area (Å²) in [5.41, 5.74) is 1.12. The summed E-state index contributed by atoms with van der Waals surface area (Å²) in [6.45, 7) is 4.37. The van der Waals surface area contributed by atoms with Crippen LogP contribution in [-0.4, -0.2) is 47.2 Å². The van der Waals surface area contributed by atoms with Crippen LogP contribution >= 0.6 is 0 Å². The molecule has 2 aromatic rings. The molecular weight excluding hydrogens is 356 g/mol. The van der Waals surface area contributed by atoms with Gasteiger partial charge in [-0.15, -0.1) is 0 Å². The summed E-state index contributed by atoms with van der Waals surface area (Å²) in [6.07, 6.45) is 1.44. The van der Waals surface area contributed by atoms with Gasteiger partial charge in [0.05, 0.1) is 12.6 Å². The number of ketones is 1. The molecule has 6 heteroatoms. The monoisotopic (exact) mass is 382 g/mol. The second-order valence-electron chi connectivity index (χ2n) is 7.58. The van der Waals surface area contributed by atoms with Crippen LogP contribution in [0, 0.1) is 11.8 Å². The van der Waals surface area contributed by atoms with E-state index in [9.17, 15) is 14.4 Å². The predicted octanol–water partition coefficient (Wildman–Crippen LogP) is 3.24. The third-order valence-corrected chi connectivity index (χ3v) is 5.42. The number of carbonyl (C=O) groups is 3. The van der Waals surface area contributed by atoms with E-state index in [1.165, 1.54) is 7.11 Å². The smallest absolute Gasteiger partial charge is 0.328 e. The van der Waals surface area contributed by atoms with Crippen LogP contribution in [0.3, 0.4) is 0 Å². The number of carbonyl (C=O) groups excluding carboxylic acids is 3. The number of likely N-dealkylation sites (tertiary alicyclic amines) is 1. The van der Waals surface area contributed by atoms with Gasteiger partial charge in [-0.05, 0) is 30.9 Å². The summed E-state index contributed by atoms with van der Waals surface area (Å²) in [4.78, 5) is 44.0. The molecule has 6 nitrogen and oxygen atoms in total. The Labute approximate surface area is 164 Å². The average molecular weight is 382 g/mol. The third-order valence-electron chi connectivity index (χ3n) is 5.42. The van der Waals surface area contributed by atoms with E-state index in [-0.39, 0.29) is 24.0 Å². The van der Waals surface area contributed by atoms with E-state index in [0.717, 1.165) is 17.3 Å². The number of rotatable bonds is 6. The van der Waals surface area contributed by atoms with Gasteiger partial charge in [-0.25, -0.2) is 9.78 Å². The van der Waals surface area contributed by atoms with Crippen molar-refractivity contribution in [3.05, 3.63) is 42.1 Å². The Morgan fingerprint density at radius 1 is 1.18 bits per heavy atom. The lowest BCUT2D eigenvalue weighted by atomic mass is 9.88. The Kier molecular flexibility index (Phi) is 6.07. The van der Waals surface area contributed by atoms with Crippen LogP contribution in [0.2, 0.25) is 0 Å². The predicted molar refractivity (Wildman–Crippen MR) is 106 cm³/mol. The van der Waals surface area contributed by atoms with Gasteiger partial charge < -0.3 is 9.64 Å². The lowest BCUT2D eigenvalue weighted by Crippen LogP contribution is -2.45. The number of Topliss-reactive ketones (excluding diaryl/α,β-unsaturated/α-hetero) is 1. The van der Waals surface area contributed by atoms with Crippen molar-refractivity contribution in [2.75, 3.05) is 13.7 Å². The van der Waals surface area contributed by atoms with Crippen LogP contribution in [0.5, 0.6) is 0 Å². The number of amides is 1. The first-order valence-corrected chi connectivity index (χ1v) is 9.69. The molecule has 0 bridgehead atoms. The number of fused-ring (bicyclic) bond motifs is 1. The summed E-state index contributed by atoms with van der Waals surface area (Å²) < 4.78 is 4.84. The molecule has 28 heavy (non-hydrogen) atoms. The van der Waals surface area contributed by atoms with Crippen molar-refractivity contribution >= 4 is 28.6 Å². The van der Waals surface area contributed by atoms with E-state index in [1.54, 1.807) is 11.0 Å². The number of pyridine rings is 1. The van der Waals surface area contributed by atoms with Crippen molar-refractivity contribution in [2.24, 2.45) is 11.8 Å². The van der Waals surface area contributed by atoms with Crippen molar-refractivity contribution in [1.29, 1.82) is 0 Å². The number of aromatic nitrogens is 1. The first-order chi connectivity index (χ1) is 13.4. The highest BCUT2D eigenvalue weighted by Crippen LogP contribution is 2.27. The van der Waals surface area contributed by atoms with Crippen molar-refractivity contribution in [1.82, 2.24) is 9.88 Å². The van der Waals surface area contributed by atoms with Gasteiger partial charge in [0.2, 0.25) is 5.91 Å². The summed E-state index contributed by atoms with van der Waals surface area (Å²) in [7, 11) is 1.33. The first kappa shape index (κ1) is 20.0. The lowest BCUT2D eigenvalue weighted by molar-refractivity contribution is -0.152.